The van der Waals surface area contributed by atoms with Gasteiger partial charge in [0.15, 0.2) is 5.82 Å². The average Bonchev–Trinajstić information content (AvgIpc) is 2.94. The minimum atomic E-state index is 0.190. The summed E-state index contributed by atoms with van der Waals surface area (Å²) in [5.41, 5.74) is 0. The molecule has 1 aromatic heterocycles. The van der Waals surface area contributed by atoms with Crippen molar-refractivity contribution < 1.29 is 9.63 Å². The van der Waals surface area contributed by atoms with Crippen molar-refractivity contribution in [3.63, 3.8) is 0 Å². The normalized spacial score (nSPS) is 29.3. The van der Waals surface area contributed by atoms with E-state index in [9.17, 15) is 5.11 Å². The van der Waals surface area contributed by atoms with Gasteiger partial charge in [-0.25, -0.2) is 0 Å². The Kier molecular flexibility index (Phi) is 3.11. The van der Waals surface area contributed by atoms with Crippen molar-refractivity contribution in [3.05, 3.63) is 11.7 Å². The Morgan fingerprint density at radius 3 is 2.78 bits per heavy atom. The first-order valence-electron chi connectivity index (χ1n) is 6.87. The summed E-state index contributed by atoms with van der Waals surface area (Å²) in [6.45, 7) is 6.38. The van der Waals surface area contributed by atoms with Crippen LogP contribution in [0.25, 0.3) is 0 Å². The van der Waals surface area contributed by atoms with Gasteiger partial charge in [-0.1, -0.05) is 5.16 Å². The lowest BCUT2D eigenvalue weighted by atomic mass is 9.97. The smallest absolute Gasteiger partial charge is 0.231 e. The Morgan fingerprint density at radius 1 is 1.39 bits per heavy atom. The summed E-state index contributed by atoms with van der Waals surface area (Å²) in [5, 5.41) is 13.6. The highest BCUT2D eigenvalue weighted by Crippen LogP contribution is 2.40. The molecule has 2 aliphatic rings. The Labute approximate surface area is 107 Å². The van der Waals surface area contributed by atoms with Crippen molar-refractivity contribution in [2.24, 2.45) is 5.92 Å². The highest BCUT2D eigenvalue weighted by molar-refractivity contribution is 5.08. The molecule has 3 rings (SSSR count). The van der Waals surface area contributed by atoms with E-state index in [1.807, 2.05) is 0 Å². The molecule has 100 valence electrons. The minimum absolute atomic E-state index is 0.190. The van der Waals surface area contributed by atoms with Crippen LogP contribution in [0.4, 0.5) is 0 Å². The van der Waals surface area contributed by atoms with Crippen LogP contribution in [0.5, 0.6) is 0 Å². The van der Waals surface area contributed by atoms with Crippen molar-refractivity contribution in [2.45, 2.75) is 44.6 Å². The number of nitrogens with zero attached hydrogens (tertiary/aromatic N) is 3. The molecule has 1 aromatic rings. The molecule has 2 heterocycles. The van der Waals surface area contributed by atoms with Crippen LogP contribution < -0.4 is 0 Å². The van der Waals surface area contributed by atoms with Crippen molar-refractivity contribution in [1.82, 2.24) is 15.0 Å². The molecule has 0 radical (unpaired) electrons. The van der Waals surface area contributed by atoms with E-state index < -0.39 is 0 Å². The van der Waals surface area contributed by atoms with Crippen LogP contribution in [0.1, 0.15) is 50.2 Å². The zero-order valence-electron chi connectivity index (χ0n) is 11.0. The molecule has 1 saturated carbocycles. The van der Waals surface area contributed by atoms with Crippen LogP contribution >= 0.6 is 0 Å². The fourth-order valence-electron chi connectivity index (χ4n) is 2.70. The molecule has 5 nitrogen and oxygen atoms in total. The minimum Gasteiger partial charge on any atom is -0.396 e. The van der Waals surface area contributed by atoms with Gasteiger partial charge in [-0.3, -0.25) is 4.90 Å². The quantitative estimate of drug-likeness (QED) is 0.875. The van der Waals surface area contributed by atoms with Crippen molar-refractivity contribution in [2.75, 3.05) is 19.7 Å². The van der Waals surface area contributed by atoms with E-state index in [4.69, 9.17) is 4.52 Å². The van der Waals surface area contributed by atoms with Gasteiger partial charge < -0.3 is 9.63 Å². The number of likely N-dealkylation sites (tertiary alicyclic amines) is 1. The maximum atomic E-state index is 9.51. The van der Waals surface area contributed by atoms with Gasteiger partial charge in [0.2, 0.25) is 5.89 Å². The van der Waals surface area contributed by atoms with Gasteiger partial charge in [0.05, 0.1) is 5.92 Å². The van der Waals surface area contributed by atoms with Crippen LogP contribution in [-0.4, -0.2) is 45.9 Å². The Balaban J connectivity index is 1.76. The molecule has 0 amide bonds. The molecule has 1 aliphatic carbocycles. The summed E-state index contributed by atoms with van der Waals surface area (Å²) in [4.78, 5) is 6.90. The number of hydrogen-bond acceptors (Lipinski definition) is 5. The summed E-state index contributed by atoms with van der Waals surface area (Å²) in [6, 6.07) is 0.495. The van der Waals surface area contributed by atoms with Gasteiger partial charge in [-0.15, -0.1) is 0 Å². The van der Waals surface area contributed by atoms with Crippen molar-refractivity contribution in [1.29, 1.82) is 0 Å². The van der Waals surface area contributed by atoms with Gasteiger partial charge in [-0.05, 0) is 26.7 Å². The predicted molar refractivity (Wildman–Crippen MR) is 66.3 cm³/mol. The Bertz CT molecular complexity index is 414. The summed E-state index contributed by atoms with van der Waals surface area (Å²) >= 11 is 0. The standard InChI is InChI=1S/C13H21N3O2/c1-8(2)16-5-10(7-17)11(6-16)13-14-12(15-18-13)9-3-4-9/h8-11,17H,3-7H2,1-2H3/t10-,11+/m0/s1. The zero-order valence-corrected chi connectivity index (χ0v) is 11.0. The van der Waals surface area contributed by atoms with Crippen LogP contribution in [-0.2, 0) is 0 Å². The van der Waals surface area contributed by atoms with Gasteiger partial charge in [0, 0.05) is 37.6 Å². The molecular weight excluding hydrogens is 230 g/mol. The largest absolute Gasteiger partial charge is 0.396 e. The van der Waals surface area contributed by atoms with E-state index in [1.165, 1.54) is 12.8 Å². The number of hydrogen-bond donors (Lipinski definition) is 1. The van der Waals surface area contributed by atoms with E-state index in [1.54, 1.807) is 0 Å². The van der Waals surface area contributed by atoms with Crippen LogP contribution in [0.15, 0.2) is 4.52 Å². The number of rotatable bonds is 4. The second kappa shape index (κ2) is 4.63. The third-order valence-corrected chi connectivity index (χ3v) is 4.15. The van der Waals surface area contributed by atoms with Crippen LogP contribution in [0.2, 0.25) is 0 Å². The van der Waals surface area contributed by atoms with Gasteiger partial charge in [0.1, 0.15) is 0 Å². The first-order chi connectivity index (χ1) is 8.69. The summed E-state index contributed by atoms with van der Waals surface area (Å²) in [7, 11) is 0. The molecule has 0 bridgehead atoms. The first kappa shape index (κ1) is 12.1. The fraction of sp³-hybridized carbons (Fsp3) is 0.846. The van der Waals surface area contributed by atoms with Crippen LogP contribution in [0, 0.1) is 5.92 Å². The Hall–Kier alpha value is -0.940. The van der Waals surface area contributed by atoms with E-state index in [2.05, 4.69) is 28.9 Å². The second-order valence-electron chi connectivity index (χ2n) is 5.86. The monoisotopic (exact) mass is 251 g/mol. The molecule has 1 saturated heterocycles. The SMILES string of the molecule is CC(C)N1C[C@@H](CO)[C@H](c2nc(C3CC3)no2)C1. The number of aliphatic hydroxyl groups excluding tert-OH is 1. The maximum Gasteiger partial charge on any atom is 0.231 e. The molecule has 1 aliphatic heterocycles. The molecular formula is C13H21N3O2. The topological polar surface area (TPSA) is 62.4 Å². The maximum absolute atomic E-state index is 9.51. The molecule has 0 spiro atoms. The predicted octanol–water partition coefficient (Wildman–Crippen LogP) is 1.36. The van der Waals surface area contributed by atoms with E-state index >= 15 is 0 Å². The number of aliphatic hydroxyl groups is 1. The third-order valence-electron chi connectivity index (χ3n) is 4.15. The summed E-state index contributed by atoms with van der Waals surface area (Å²) < 4.78 is 5.41. The molecule has 0 unspecified atom stereocenters. The molecule has 18 heavy (non-hydrogen) atoms. The second-order valence-corrected chi connectivity index (χ2v) is 5.86. The molecule has 0 aromatic carbocycles. The fourth-order valence-corrected chi connectivity index (χ4v) is 2.70. The lowest BCUT2D eigenvalue weighted by Gasteiger charge is -2.19. The lowest BCUT2D eigenvalue weighted by molar-refractivity contribution is 0.200. The molecule has 5 heteroatoms. The van der Waals surface area contributed by atoms with Crippen molar-refractivity contribution >= 4 is 0 Å². The third kappa shape index (κ3) is 2.17. The molecule has 2 atom stereocenters. The highest BCUT2D eigenvalue weighted by atomic mass is 16.5. The lowest BCUT2D eigenvalue weighted by Crippen LogP contribution is -2.28. The van der Waals surface area contributed by atoms with Gasteiger partial charge in [-0.2, -0.15) is 4.98 Å². The van der Waals surface area contributed by atoms with Gasteiger partial charge in [0.25, 0.3) is 0 Å². The van der Waals surface area contributed by atoms with E-state index in [-0.39, 0.29) is 18.4 Å². The zero-order chi connectivity index (χ0) is 12.7. The highest BCUT2D eigenvalue weighted by Gasteiger charge is 2.39. The Morgan fingerprint density at radius 2 is 2.17 bits per heavy atom. The van der Waals surface area contributed by atoms with Gasteiger partial charge >= 0.3 is 0 Å². The number of aromatic nitrogens is 2. The van der Waals surface area contributed by atoms with E-state index in [0.29, 0.717) is 12.0 Å². The summed E-state index contributed by atoms with van der Waals surface area (Å²) in [5.74, 6) is 2.53. The van der Waals surface area contributed by atoms with E-state index in [0.717, 1.165) is 24.8 Å². The summed E-state index contributed by atoms with van der Waals surface area (Å²) in [6.07, 6.45) is 2.37. The molecule has 1 N–H and O–H groups in total. The molecule has 2 fully saturated rings. The van der Waals surface area contributed by atoms with Crippen LogP contribution in [0.3, 0.4) is 0 Å². The van der Waals surface area contributed by atoms with Crippen molar-refractivity contribution in [3.8, 4) is 0 Å². The average molecular weight is 251 g/mol. The first-order valence-corrected chi connectivity index (χ1v) is 6.87.